The molecule has 1 aliphatic rings. The molecule has 4 rings (SSSR count). The summed E-state index contributed by atoms with van der Waals surface area (Å²) in [4.78, 5) is 37.0. The fourth-order valence-corrected chi connectivity index (χ4v) is 5.29. The van der Waals surface area contributed by atoms with Crippen molar-refractivity contribution in [1.29, 1.82) is 0 Å². The first-order chi connectivity index (χ1) is 16.4. The zero-order valence-corrected chi connectivity index (χ0v) is 20.0. The van der Waals surface area contributed by atoms with Crippen molar-refractivity contribution in [3.63, 3.8) is 0 Å². The van der Waals surface area contributed by atoms with Crippen molar-refractivity contribution >= 4 is 34.7 Å². The Hall–Kier alpha value is -3.34. The molecular weight excluding hydrogens is 481 g/mol. The summed E-state index contributed by atoms with van der Waals surface area (Å²) in [5.74, 6) is -2.17. The summed E-state index contributed by atoms with van der Waals surface area (Å²) in [7, 11) is 0. The van der Waals surface area contributed by atoms with Gasteiger partial charge in [0.05, 0.1) is 4.88 Å². The molecule has 0 saturated heterocycles. The van der Waals surface area contributed by atoms with Gasteiger partial charge >= 0.3 is 6.18 Å². The van der Waals surface area contributed by atoms with Gasteiger partial charge in [0.2, 0.25) is 5.95 Å². The lowest BCUT2D eigenvalue weighted by molar-refractivity contribution is -0.320. The number of nitrogens with zero attached hydrogens (tertiary/aromatic N) is 3. The van der Waals surface area contributed by atoms with Crippen LogP contribution in [0, 0.1) is 24.2 Å². The summed E-state index contributed by atoms with van der Waals surface area (Å²) >= 11 is 1.19. The van der Waals surface area contributed by atoms with Gasteiger partial charge in [0.15, 0.2) is 10.8 Å². The van der Waals surface area contributed by atoms with E-state index in [0.717, 1.165) is 23.4 Å². The molecule has 1 aromatic carbocycles. The Kier molecular flexibility index (Phi) is 6.39. The number of carbonyl (C=O) groups excluding carboxylic acids is 2. The third-order valence-electron chi connectivity index (χ3n) is 6.51. The van der Waals surface area contributed by atoms with Crippen LogP contribution in [0.4, 0.5) is 24.8 Å². The van der Waals surface area contributed by atoms with Crippen molar-refractivity contribution in [3.05, 3.63) is 52.9 Å². The molecule has 184 valence electrons. The predicted octanol–water partition coefficient (Wildman–Crippen LogP) is 4.66. The van der Waals surface area contributed by atoms with Gasteiger partial charge in [0, 0.05) is 35.4 Å². The second-order valence-electron chi connectivity index (χ2n) is 9.11. The molecule has 0 amide bonds. The Morgan fingerprint density at radius 3 is 2.63 bits per heavy atom. The molecule has 35 heavy (non-hydrogen) atoms. The maximum atomic E-state index is 13.0. The first-order valence-electron chi connectivity index (χ1n) is 10.9. The molecule has 1 N–H and O–H groups in total. The van der Waals surface area contributed by atoms with Gasteiger partial charge in [-0.3, -0.25) is 4.79 Å². The second-order valence-corrected chi connectivity index (χ2v) is 10.1. The number of rotatable bonds is 6. The van der Waals surface area contributed by atoms with Crippen molar-refractivity contribution in [1.82, 2.24) is 15.0 Å². The van der Waals surface area contributed by atoms with Gasteiger partial charge in [-0.15, -0.1) is 11.3 Å². The number of aromatic nitrogens is 3. The summed E-state index contributed by atoms with van der Waals surface area (Å²) < 4.78 is 38.9. The number of ketones is 1. The van der Waals surface area contributed by atoms with Crippen LogP contribution in [0.2, 0.25) is 0 Å². The van der Waals surface area contributed by atoms with Crippen LogP contribution in [0.3, 0.4) is 0 Å². The van der Waals surface area contributed by atoms with E-state index in [0.29, 0.717) is 17.0 Å². The van der Waals surface area contributed by atoms with E-state index in [9.17, 15) is 27.9 Å². The molecule has 7 nitrogen and oxygen atoms in total. The Morgan fingerprint density at radius 1 is 1.23 bits per heavy atom. The van der Waals surface area contributed by atoms with E-state index in [4.69, 9.17) is 0 Å². The van der Waals surface area contributed by atoms with Crippen LogP contribution >= 0.6 is 11.3 Å². The number of aliphatic carboxylic acids is 1. The fraction of sp³-hybridized carbons (Fsp3) is 0.375. The fourth-order valence-electron chi connectivity index (χ4n) is 4.37. The van der Waals surface area contributed by atoms with Crippen LogP contribution in [0.25, 0.3) is 10.4 Å². The van der Waals surface area contributed by atoms with Gasteiger partial charge in [-0.2, -0.15) is 13.2 Å². The van der Waals surface area contributed by atoms with Crippen LogP contribution in [0.15, 0.2) is 36.7 Å². The summed E-state index contributed by atoms with van der Waals surface area (Å²) in [6, 6.07) is 6.11. The zero-order chi connectivity index (χ0) is 25.5. The number of hydrogen-bond acceptors (Lipinski definition) is 8. The number of benzene rings is 1. The monoisotopic (exact) mass is 503 g/mol. The summed E-state index contributed by atoms with van der Waals surface area (Å²) in [6.45, 7) is 5.25. The molecule has 0 bridgehead atoms. The zero-order valence-electron chi connectivity index (χ0n) is 19.1. The Labute approximate surface area is 203 Å². The van der Waals surface area contributed by atoms with Gasteiger partial charge in [-0.1, -0.05) is 19.9 Å². The van der Waals surface area contributed by atoms with E-state index in [1.54, 1.807) is 25.3 Å². The Balaban J connectivity index is 1.55. The van der Waals surface area contributed by atoms with Crippen molar-refractivity contribution in [2.75, 3.05) is 5.32 Å². The lowest BCUT2D eigenvalue weighted by Gasteiger charge is -2.30. The minimum absolute atomic E-state index is 0.190. The smallest absolute Gasteiger partial charge is 0.433 e. The maximum absolute atomic E-state index is 13.0. The molecule has 3 unspecified atom stereocenters. The number of thiazole rings is 1. The highest BCUT2D eigenvalue weighted by molar-refractivity contribution is 7.17. The number of anilines is 2. The molecule has 3 atom stereocenters. The van der Waals surface area contributed by atoms with E-state index in [1.165, 1.54) is 11.3 Å². The lowest BCUT2D eigenvalue weighted by Crippen LogP contribution is -2.42. The number of carboxylic acid groups (broad SMARTS) is 1. The highest BCUT2D eigenvalue weighted by atomic mass is 32.1. The largest absolute Gasteiger partial charge is 0.550 e. The van der Waals surface area contributed by atoms with Crippen molar-refractivity contribution in [2.45, 2.75) is 39.8 Å². The van der Waals surface area contributed by atoms with E-state index < -0.39 is 29.2 Å². The van der Waals surface area contributed by atoms with Crippen LogP contribution in [-0.4, -0.2) is 26.7 Å². The van der Waals surface area contributed by atoms with Gasteiger partial charge in [-0.05, 0) is 55.0 Å². The molecule has 1 saturated carbocycles. The van der Waals surface area contributed by atoms with Crippen LogP contribution in [0.5, 0.6) is 0 Å². The third kappa shape index (κ3) is 5.04. The molecule has 11 heteroatoms. The number of aryl methyl sites for hydroxylation is 1. The SMILES string of the molecule is Cc1cc(Nc2nccc(C(F)(F)F)n2)cc(-c2cnc(C(=O)C3CC(C)C(C)(C(=O)[O-])C3)s2)c1. The van der Waals surface area contributed by atoms with Crippen molar-refractivity contribution in [3.8, 4) is 10.4 Å². The van der Waals surface area contributed by atoms with Gasteiger partial charge < -0.3 is 15.2 Å². The number of hydrogen-bond donors (Lipinski definition) is 1. The number of alkyl halides is 3. The minimum Gasteiger partial charge on any atom is -0.550 e. The summed E-state index contributed by atoms with van der Waals surface area (Å²) in [6.07, 6.45) is -1.33. The Morgan fingerprint density at radius 2 is 1.97 bits per heavy atom. The first kappa shape index (κ1) is 24.8. The molecular formula is C24H22F3N4O3S-. The quantitative estimate of drug-likeness (QED) is 0.488. The average molecular weight is 504 g/mol. The normalized spacial score (nSPS) is 22.2. The van der Waals surface area contributed by atoms with E-state index in [2.05, 4.69) is 20.3 Å². The van der Waals surface area contributed by atoms with E-state index in [-0.39, 0.29) is 29.1 Å². The molecule has 0 aliphatic heterocycles. The third-order valence-corrected chi connectivity index (χ3v) is 7.57. The van der Waals surface area contributed by atoms with E-state index in [1.807, 2.05) is 19.9 Å². The van der Waals surface area contributed by atoms with Gasteiger partial charge in [-0.25, -0.2) is 15.0 Å². The lowest BCUT2D eigenvalue weighted by atomic mass is 9.81. The van der Waals surface area contributed by atoms with Crippen molar-refractivity contribution in [2.24, 2.45) is 17.3 Å². The van der Waals surface area contributed by atoms with Gasteiger partial charge in [0.25, 0.3) is 0 Å². The van der Waals surface area contributed by atoms with Crippen LogP contribution < -0.4 is 10.4 Å². The number of carbonyl (C=O) groups is 2. The number of halogens is 3. The maximum Gasteiger partial charge on any atom is 0.433 e. The van der Waals surface area contributed by atoms with Crippen molar-refractivity contribution < 1.29 is 27.9 Å². The predicted molar refractivity (Wildman–Crippen MR) is 122 cm³/mol. The molecule has 2 heterocycles. The van der Waals surface area contributed by atoms with Crippen LogP contribution in [-0.2, 0) is 11.0 Å². The average Bonchev–Trinajstić information content (AvgIpc) is 3.38. The standard InChI is InChI=1S/C24H23F3N4O3S/c1-12-6-14(9-16(7-12)30-22-28-5-4-18(31-22)24(25,26)27)17-11-29-20(35-17)19(32)15-8-13(2)23(3,10-15)21(33)34/h4-7,9,11,13,15H,8,10H2,1-3H3,(H,33,34)(H,28,30,31)/p-1. The number of carboxylic acids is 1. The highest BCUT2D eigenvalue weighted by Gasteiger charge is 2.45. The molecule has 0 radical (unpaired) electrons. The minimum atomic E-state index is -4.59. The first-order valence-corrected chi connectivity index (χ1v) is 11.7. The van der Waals surface area contributed by atoms with Gasteiger partial charge in [0.1, 0.15) is 5.69 Å². The molecule has 1 aliphatic carbocycles. The second kappa shape index (κ2) is 9.03. The molecule has 2 aromatic heterocycles. The van der Waals surface area contributed by atoms with E-state index >= 15 is 0 Å². The molecule has 3 aromatic rings. The Bertz CT molecular complexity index is 1290. The highest BCUT2D eigenvalue weighted by Crippen LogP contribution is 2.47. The topological polar surface area (TPSA) is 108 Å². The summed E-state index contributed by atoms with van der Waals surface area (Å²) in [5, 5.41) is 14.7. The molecule has 0 spiro atoms. The number of Topliss-reactive ketones (excluding diaryl/α,β-unsaturated/α-hetero) is 1. The van der Waals surface area contributed by atoms with Crippen LogP contribution in [0.1, 0.15) is 47.7 Å². The molecule has 1 fully saturated rings. The summed E-state index contributed by atoms with van der Waals surface area (Å²) in [5.41, 5.74) is -0.0781. The number of nitrogens with one attached hydrogen (secondary N) is 1.